The van der Waals surface area contributed by atoms with E-state index < -0.39 is 6.04 Å². The minimum Gasteiger partial charge on any atom is -0.354 e. The van der Waals surface area contributed by atoms with E-state index in [1.54, 1.807) is 0 Å². The number of carbonyl (C=O) groups excluding carboxylic acids is 3. The van der Waals surface area contributed by atoms with Crippen LogP contribution in [0.5, 0.6) is 0 Å². The Kier molecular flexibility index (Phi) is 23.0. The van der Waals surface area contributed by atoms with E-state index in [1.165, 1.54) is 4.90 Å². The van der Waals surface area contributed by atoms with Crippen LogP contribution in [-0.2, 0) is 14.4 Å². The van der Waals surface area contributed by atoms with Gasteiger partial charge in [0.1, 0.15) is 6.04 Å². The molecule has 0 rings (SSSR count). The molecular weight excluding hydrogens is 450 g/mol. The molecule has 0 bridgehead atoms. The third-order valence-electron chi connectivity index (χ3n) is 7.18. The first-order chi connectivity index (χ1) is 17.5. The monoisotopic (exact) mass is 509 g/mol. The number of hydrogen-bond donors (Lipinski definition) is 2. The molecule has 3 N–H and O–H groups in total. The molecule has 0 spiro atoms. The molecule has 0 fully saturated rings. The predicted octanol–water partition coefficient (Wildman–Crippen LogP) is 6.89. The maximum atomic E-state index is 13.4. The van der Waals surface area contributed by atoms with Gasteiger partial charge in [0.2, 0.25) is 17.7 Å². The number of carbonyl (C=O) groups is 3. The Morgan fingerprint density at radius 3 is 1.67 bits per heavy atom. The molecule has 212 valence electrons. The summed E-state index contributed by atoms with van der Waals surface area (Å²) in [7, 11) is 0. The van der Waals surface area contributed by atoms with Gasteiger partial charge in [-0.15, -0.1) is 0 Å². The quantitative estimate of drug-likeness (QED) is 0.139. The molecule has 36 heavy (non-hydrogen) atoms. The van der Waals surface area contributed by atoms with Crippen molar-refractivity contribution >= 4 is 17.7 Å². The Bertz CT molecular complexity index is 542. The number of amides is 3. The van der Waals surface area contributed by atoms with Crippen molar-refractivity contribution in [2.24, 2.45) is 11.7 Å². The molecule has 0 aromatic heterocycles. The van der Waals surface area contributed by atoms with Crippen molar-refractivity contribution in [3.63, 3.8) is 0 Å². The summed E-state index contributed by atoms with van der Waals surface area (Å²) >= 11 is 0. The molecule has 0 aliphatic heterocycles. The Hall–Kier alpha value is -1.43. The fraction of sp³-hybridized carbons (Fsp3) is 0.900. The maximum absolute atomic E-state index is 13.4. The van der Waals surface area contributed by atoms with Crippen LogP contribution in [0.1, 0.15) is 150 Å². The third-order valence-corrected chi connectivity index (χ3v) is 7.18. The predicted molar refractivity (Wildman–Crippen MR) is 152 cm³/mol. The lowest BCUT2D eigenvalue weighted by atomic mass is 9.98. The van der Waals surface area contributed by atoms with Crippen molar-refractivity contribution in [2.45, 2.75) is 156 Å². The van der Waals surface area contributed by atoms with Gasteiger partial charge in [-0.3, -0.25) is 19.3 Å². The summed E-state index contributed by atoms with van der Waals surface area (Å²) in [6, 6.07) is -0.730. The molecule has 6 heteroatoms. The number of hydrogen-bond acceptors (Lipinski definition) is 4. The SMILES string of the molecule is CCCCCCCC(=O)N(C(=O)CCCCCCC)[C@@H](CCCCN)C(=O)NCC(CC)CCCC. The van der Waals surface area contributed by atoms with Gasteiger partial charge in [0.25, 0.3) is 0 Å². The Balaban J connectivity index is 5.47. The van der Waals surface area contributed by atoms with E-state index in [1.807, 2.05) is 0 Å². The summed E-state index contributed by atoms with van der Waals surface area (Å²) < 4.78 is 0. The van der Waals surface area contributed by atoms with E-state index in [0.29, 0.717) is 38.3 Å². The van der Waals surface area contributed by atoms with Crippen LogP contribution >= 0.6 is 0 Å². The largest absolute Gasteiger partial charge is 0.354 e. The van der Waals surface area contributed by atoms with Crippen LogP contribution < -0.4 is 11.1 Å². The molecule has 1 unspecified atom stereocenters. The summed E-state index contributed by atoms with van der Waals surface area (Å²) in [6.07, 6.45) is 17.4. The van der Waals surface area contributed by atoms with Crippen LogP contribution in [0.4, 0.5) is 0 Å². The molecule has 0 aromatic rings. The molecule has 0 heterocycles. The van der Waals surface area contributed by atoms with Gasteiger partial charge in [-0.25, -0.2) is 0 Å². The Morgan fingerprint density at radius 1 is 0.667 bits per heavy atom. The normalized spacial score (nSPS) is 12.8. The number of nitrogens with two attached hydrogens (primary N) is 1. The van der Waals surface area contributed by atoms with Gasteiger partial charge in [0, 0.05) is 19.4 Å². The Morgan fingerprint density at radius 2 is 1.19 bits per heavy atom. The van der Waals surface area contributed by atoms with Gasteiger partial charge in [0.05, 0.1) is 0 Å². The molecule has 0 aliphatic carbocycles. The fourth-order valence-electron chi connectivity index (χ4n) is 4.65. The van der Waals surface area contributed by atoms with Gasteiger partial charge in [-0.05, 0) is 51.0 Å². The minimum atomic E-state index is -0.730. The number of nitrogens with zero attached hydrogens (tertiary/aromatic N) is 1. The van der Waals surface area contributed by atoms with Crippen molar-refractivity contribution in [3.8, 4) is 0 Å². The van der Waals surface area contributed by atoms with Gasteiger partial charge in [0.15, 0.2) is 0 Å². The first kappa shape index (κ1) is 34.6. The first-order valence-electron chi connectivity index (χ1n) is 15.3. The highest BCUT2D eigenvalue weighted by molar-refractivity contribution is 6.00. The zero-order chi connectivity index (χ0) is 27.0. The van der Waals surface area contributed by atoms with E-state index in [0.717, 1.165) is 103 Å². The minimum absolute atomic E-state index is 0.180. The van der Waals surface area contributed by atoms with E-state index in [4.69, 9.17) is 5.73 Å². The van der Waals surface area contributed by atoms with E-state index in [9.17, 15) is 14.4 Å². The summed E-state index contributed by atoms with van der Waals surface area (Å²) in [5.41, 5.74) is 5.71. The average molecular weight is 510 g/mol. The number of imide groups is 1. The van der Waals surface area contributed by atoms with Crippen molar-refractivity contribution in [1.82, 2.24) is 10.2 Å². The lowest BCUT2D eigenvalue weighted by Crippen LogP contribution is -2.53. The lowest BCUT2D eigenvalue weighted by Gasteiger charge is -2.30. The van der Waals surface area contributed by atoms with E-state index in [-0.39, 0.29) is 17.7 Å². The van der Waals surface area contributed by atoms with Crippen LogP contribution in [-0.4, -0.2) is 41.8 Å². The van der Waals surface area contributed by atoms with Crippen LogP contribution in [0.25, 0.3) is 0 Å². The molecule has 0 aromatic carbocycles. The zero-order valence-corrected chi connectivity index (χ0v) is 24.3. The zero-order valence-electron chi connectivity index (χ0n) is 24.3. The highest BCUT2D eigenvalue weighted by Crippen LogP contribution is 2.18. The van der Waals surface area contributed by atoms with E-state index >= 15 is 0 Å². The van der Waals surface area contributed by atoms with E-state index in [2.05, 4.69) is 33.0 Å². The highest BCUT2D eigenvalue weighted by Gasteiger charge is 2.33. The summed E-state index contributed by atoms with van der Waals surface area (Å²) in [5, 5.41) is 3.11. The molecule has 2 atom stereocenters. The first-order valence-corrected chi connectivity index (χ1v) is 15.3. The molecule has 0 saturated heterocycles. The van der Waals surface area contributed by atoms with Crippen molar-refractivity contribution in [1.29, 1.82) is 0 Å². The Labute approximate surface area is 222 Å². The van der Waals surface area contributed by atoms with Crippen molar-refractivity contribution in [2.75, 3.05) is 13.1 Å². The average Bonchev–Trinajstić information content (AvgIpc) is 2.87. The standard InChI is InChI=1S/C30H59N3O3/c1-5-9-12-14-16-22-28(34)33(29(35)23-17-15-13-10-6-2)27(21-18-19-24-31)30(36)32-25-26(8-4)20-11-7-3/h26-27H,5-25,31H2,1-4H3,(H,32,36)/t26?,27-/m0/s1. The molecule has 0 radical (unpaired) electrons. The third kappa shape index (κ3) is 16.3. The van der Waals surface area contributed by atoms with Crippen molar-refractivity contribution < 1.29 is 14.4 Å². The summed E-state index contributed by atoms with van der Waals surface area (Å²) in [5.74, 6) is -0.122. The number of unbranched alkanes of at least 4 members (excludes halogenated alkanes) is 10. The van der Waals surface area contributed by atoms with Crippen LogP contribution in [0.3, 0.4) is 0 Å². The summed E-state index contributed by atoms with van der Waals surface area (Å²) in [6.45, 7) is 9.82. The van der Waals surface area contributed by atoms with Gasteiger partial charge in [-0.1, -0.05) is 98.3 Å². The van der Waals surface area contributed by atoms with Gasteiger partial charge in [-0.2, -0.15) is 0 Å². The lowest BCUT2D eigenvalue weighted by molar-refractivity contribution is -0.152. The molecule has 6 nitrogen and oxygen atoms in total. The molecular formula is C30H59N3O3. The topological polar surface area (TPSA) is 92.5 Å². The van der Waals surface area contributed by atoms with Crippen LogP contribution in [0, 0.1) is 5.92 Å². The van der Waals surface area contributed by atoms with Crippen LogP contribution in [0.15, 0.2) is 0 Å². The number of nitrogens with one attached hydrogen (secondary N) is 1. The smallest absolute Gasteiger partial charge is 0.243 e. The fourth-order valence-corrected chi connectivity index (χ4v) is 4.65. The molecule has 3 amide bonds. The maximum Gasteiger partial charge on any atom is 0.243 e. The highest BCUT2D eigenvalue weighted by atomic mass is 16.2. The molecule has 0 saturated carbocycles. The summed E-state index contributed by atoms with van der Waals surface area (Å²) in [4.78, 5) is 41.5. The second-order valence-electron chi connectivity index (χ2n) is 10.4. The van der Waals surface area contributed by atoms with Gasteiger partial charge < -0.3 is 11.1 Å². The van der Waals surface area contributed by atoms with Crippen molar-refractivity contribution in [3.05, 3.63) is 0 Å². The second kappa shape index (κ2) is 23.9. The van der Waals surface area contributed by atoms with Crippen LogP contribution in [0.2, 0.25) is 0 Å². The molecule has 0 aliphatic rings. The number of rotatable bonds is 24. The second-order valence-corrected chi connectivity index (χ2v) is 10.4. The van der Waals surface area contributed by atoms with Gasteiger partial charge >= 0.3 is 0 Å².